The topological polar surface area (TPSA) is 86.5 Å². The number of hydrogen-bond donors (Lipinski definition) is 3. The van der Waals surface area contributed by atoms with Crippen LogP contribution in [-0.4, -0.2) is 26.1 Å². The number of aromatic nitrogens is 4. The molecule has 0 bridgehead atoms. The highest BCUT2D eigenvalue weighted by Gasteiger charge is 2.15. The fourth-order valence-corrected chi connectivity index (χ4v) is 3.60. The molecule has 0 spiro atoms. The second-order valence-corrected chi connectivity index (χ2v) is 7.08. The van der Waals surface area contributed by atoms with Crippen molar-refractivity contribution in [3.8, 4) is 11.3 Å². The summed E-state index contributed by atoms with van der Waals surface area (Å²) >= 11 is 0. The minimum atomic E-state index is -0.131. The van der Waals surface area contributed by atoms with Crippen molar-refractivity contribution >= 4 is 27.7 Å². The van der Waals surface area contributed by atoms with Gasteiger partial charge in [-0.2, -0.15) is 5.10 Å². The molecule has 0 aliphatic heterocycles. The van der Waals surface area contributed by atoms with Gasteiger partial charge in [-0.3, -0.25) is 14.9 Å². The molecule has 1 amide bonds. The van der Waals surface area contributed by atoms with Crippen molar-refractivity contribution in [1.82, 2.24) is 25.5 Å². The number of benzene rings is 2. The number of aromatic amines is 2. The second-order valence-electron chi connectivity index (χ2n) is 7.08. The molecule has 3 heterocycles. The molecule has 0 radical (unpaired) electrons. The van der Waals surface area contributed by atoms with Crippen LogP contribution in [0.3, 0.4) is 0 Å². The summed E-state index contributed by atoms with van der Waals surface area (Å²) in [7, 11) is 0. The molecule has 142 valence electrons. The van der Waals surface area contributed by atoms with E-state index < -0.39 is 0 Å². The molecule has 29 heavy (non-hydrogen) atoms. The van der Waals surface area contributed by atoms with Gasteiger partial charge in [0.05, 0.1) is 11.6 Å². The average molecular weight is 381 g/mol. The Hall–Kier alpha value is -3.93. The van der Waals surface area contributed by atoms with Crippen LogP contribution < -0.4 is 5.32 Å². The van der Waals surface area contributed by atoms with Crippen LogP contribution in [0.15, 0.2) is 73.1 Å². The van der Waals surface area contributed by atoms with Crippen molar-refractivity contribution in [2.45, 2.75) is 13.0 Å². The molecule has 0 fully saturated rings. The number of fused-ring (bicyclic) bond motifs is 2. The summed E-state index contributed by atoms with van der Waals surface area (Å²) in [5.74, 6) is -0.131. The van der Waals surface area contributed by atoms with Crippen LogP contribution in [0.4, 0.5) is 0 Å². The van der Waals surface area contributed by atoms with E-state index in [2.05, 4.69) is 31.5 Å². The van der Waals surface area contributed by atoms with Gasteiger partial charge in [0.1, 0.15) is 11.4 Å². The van der Waals surface area contributed by atoms with Gasteiger partial charge in [0.25, 0.3) is 5.91 Å². The maximum Gasteiger partial charge on any atom is 0.268 e. The normalized spacial score (nSPS) is 12.3. The Morgan fingerprint density at radius 1 is 1.00 bits per heavy atom. The average Bonchev–Trinajstić information content (AvgIpc) is 3.36. The SMILES string of the molecule is CC(NC(=O)c1cc2cc3c(-c4ccncc4)n[nH]c3cc2[nH]1)c1ccccc1. The van der Waals surface area contributed by atoms with E-state index in [0.29, 0.717) is 5.69 Å². The van der Waals surface area contributed by atoms with Gasteiger partial charge < -0.3 is 10.3 Å². The highest BCUT2D eigenvalue weighted by molar-refractivity contribution is 6.05. The van der Waals surface area contributed by atoms with Crippen LogP contribution in [0.5, 0.6) is 0 Å². The maximum absolute atomic E-state index is 12.7. The zero-order valence-electron chi connectivity index (χ0n) is 15.8. The lowest BCUT2D eigenvalue weighted by molar-refractivity contribution is 0.0935. The molecule has 5 aromatic rings. The number of carbonyl (C=O) groups excluding carboxylic acids is 1. The van der Waals surface area contributed by atoms with Crippen LogP contribution in [0.1, 0.15) is 29.0 Å². The quantitative estimate of drug-likeness (QED) is 0.425. The maximum atomic E-state index is 12.7. The Morgan fingerprint density at radius 2 is 1.79 bits per heavy atom. The highest BCUT2D eigenvalue weighted by Crippen LogP contribution is 2.30. The first kappa shape index (κ1) is 17.2. The molecule has 0 saturated heterocycles. The number of pyridine rings is 1. The Bertz CT molecular complexity index is 1300. The smallest absolute Gasteiger partial charge is 0.268 e. The zero-order chi connectivity index (χ0) is 19.8. The summed E-state index contributed by atoms with van der Waals surface area (Å²) in [5, 5.41) is 12.6. The molecular formula is C23H19N5O. The predicted octanol–water partition coefficient (Wildman–Crippen LogP) is 4.60. The van der Waals surface area contributed by atoms with Crippen LogP contribution in [0.25, 0.3) is 33.1 Å². The van der Waals surface area contributed by atoms with E-state index in [4.69, 9.17) is 0 Å². The van der Waals surface area contributed by atoms with E-state index in [0.717, 1.165) is 38.6 Å². The summed E-state index contributed by atoms with van der Waals surface area (Å²) in [6.07, 6.45) is 3.50. The zero-order valence-corrected chi connectivity index (χ0v) is 15.8. The van der Waals surface area contributed by atoms with Crippen molar-refractivity contribution in [1.29, 1.82) is 0 Å². The minimum Gasteiger partial charge on any atom is -0.350 e. The van der Waals surface area contributed by atoms with Crippen LogP contribution in [-0.2, 0) is 0 Å². The molecule has 5 rings (SSSR count). The largest absolute Gasteiger partial charge is 0.350 e. The lowest BCUT2D eigenvalue weighted by atomic mass is 10.1. The predicted molar refractivity (Wildman–Crippen MR) is 114 cm³/mol. The fourth-order valence-electron chi connectivity index (χ4n) is 3.60. The Labute approximate surface area is 167 Å². The van der Waals surface area contributed by atoms with Gasteiger partial charge in [-0.1, -0.05) is 30.3 Å². The number of rotatable bonds is 4. The summed E-state index contributed by atoms with van der Waals surface area (Å²) < 4.78 is 0. The van der Waals surface area contributed by atoms with Gasteiger partial charge in [0, 0.05) is 34.2 Å². The molecule has 6 heteroatoms. The Morgan fingerprint density at radius 3 is 2.59 bits per heavy atom. The number of amides is 1. The molecule has 0 aliphatic carbocycles. The van der Waals surface area contributed by atoms with Crippen molar-refractivity contribution < 1.29 is 4.79 Å². The van der Waals surface area contributed by atoms with Gasteiger partial charge in [0.15, 0.2) is 0 Å². The van der Waals surface area contributed by atoms with E-state index in [-0.39, 0.29) is 11.9 Å². The van der Waals surface area contributed by atoms with Crippen LogP contribution >= 0.6 is 0 Å². The molecule has 1 atom stereocenters. The van der Waals surface area contributed by atoms with E-state index in [9.17, 15) is 4.79 Å². The standard InChI is InChI=1S/C23H19N5O/c1-14(15-5-3-2-4-6-15)25-23(29)21-12-17-11-18-20(13-19(17)26-21)27-28-22(18)16-7-9-24-10-8-16/h2-14,26H,1H3,(H,25,29)(H,27,28). The van der Waals surface area contributed by atoms with Gasteiger partial charge in [-0.25, -0.2) is 0 Å². The third-order valence-corrected chi connectivity index (χ3v) is 5.15. The number of H-pyrrole nitrogens is 2. The van der Waals surface area contributed by atoms with Crippen molar-refractivity contribution in [3.63, 3.8) is 0 Å². The van der Waals surface area contributed by atoms with Crippen molar-refractivity contribution in [3.05, 3.63) is 84.3 Å². The molecule has 0 aliphatic rings. The third-order valence-electron chi connectivity index (χ3n) is 5.15. The first-order valence-electron chi connectivity index (χ1n) is 9.46. The molecule has 0 saturated carbocycles. The summed E-state index contributed by atoms with van der Waals surface area (Å²) in [6, 6.07) is 19.6. The molecule has 1 unspecified atom stereocenters. The minimum absolute atomic E-state index is 0.0767. The summed E-state index contributed by atoms with van der Waals surface area (Å²) in [5.41, 5.74) is 5.27. The lowest BCUT2D eigenvalue weighted by Gasteiger charge is -2.13. The molecule has 3 aromatic heterocycles. The summed E-state index contributed by atoms with van der Waals surface area (Å²) in [6.45, 7) is 1.98. The summed E-state index contributed by atoms with van der Waals surface area (Å²) in [4.78, 5) is 20.0. The fraction of sp³-hybridized carbons (Fsp3) is 0.0870. The number of carbonyl (C=O) groups is 1. The van der Waals surface area contributed by atoms with Crippen LogP contribution in [0, 0.1) is 0 Å². The first-order valence-corrected chi connectivity index (χ1v) is 9.46. The Kier molecular flexibility index (Phi) is 4.09. The second kappa shape index (κ2) is 6.91. The van der Waals surface area contributed by atoms with E-state index >= 15 is 0 Å². The number of nitrogens with zero attached hydrogens (tertiary/aromatic N) is 2. The molecule has 2 aromatic carbocycles. The van der Waals surface area contributed by atoms with Crippen molar-refractivity contribution in [2.24, 2.45) is 0 Å². The Balaban J connectivity index is 1.48. The van der Waals surface area contributed by atoms with Gasteiger partial charge in [-0.05, 0) is 42.8 Å². The highest BCUT2D eigenvalue weighted by atomic mass is 16.1. The van der Waals surface area contributed by atoms with Crippen LogP contribution in [0.2, 0.25) is 0 Å². The van der Waals surface area contributed by atoms with E-state index in [1.165, 1.54) is 0 Å². The van der Waals surface area contributed by atoms with E-state index in [1.54, 1.807) is 12.4 Å². The third kappa shape index (κ3) is 3.14. The van der Waals surface area contributed by atoms with E-state index in [1.807, 2.05) is 61.5 Å². The van der Waals surface area contributed by atoms with Gasteiger partial charge >= 0.3 is 0 Å². The number of nitrogens with one attached hydrogen (secondary N) is 3. The van der Waals surface area contributed by atoms with Crippen molar-refractivity contribution in [2.75, 3.05) is 0 Å². The molecule has 3 N–H and O–H groups in total. The molecule has 6 nitrogen and oxygen atoms in total. The first-order chi connectivity index (χ1) is 14.2. The monoisotopic (exact) mass is 381 g/mol. The number of hydrogen-bond acceptors (Lipinski definition) is 3. The lowest BCUT2D eigenvalue weighted by Crippen LogP contribution is -2.26. The van der Waals surface area contributed by atoms with Gasteiger partial charge in [-0.15, -0.1) is 0 Å². The molecular weight excluding hydrogens is 362 g/mol. The van der Waals surface area contributed by atoms with Gasteiger partial charge in [0.2, 0.25) is 0 Å².